The van der Waals surface area contributed by atoms with Gasteiger partial charge in [0, 0.05) is 58.0 Å². The van der Waals surface area contributed by atoms with Gasteiger partial charge >= 0.3 is 18.1 Å². The van der Waals surface area contributed by atoms with Crippen molar-refractivity contribution in [1.82, 2.24) is 19.6 Å². The first-order valence-corrected chi connectivity index (χ1v) is 19.7. The van der Waals surface area contributed by atoms with E-state index in [9.17, 15) is 24.3 Å². The van der Waals surface area contributed by atoms with Crippen molar-refractivity contribution < 1.29 is 38.5 Å². The zero-order chi connectivity index (χ0) is 38.2. The van der Waals surface area contributed by atoms with Gasteiger partial charge in [-0.25, -0.2) is 9.59 Å². The van der Waals surface area contributed by atoms with Gasteiger partial charge in [0.1, 0.15) is 12.4 Å². The lowest BCUT2D eigenvalue weighted by Crippen LogP contribution is -2.52. The summed E-state index contributed by atoms with van der Waals surface area (Å²) in [5.41, 5.74) is 4.20. The number of methoxy groups -OCH3 is 1. The van der Waals surface area contributed by atoms with E-state index in [0.717, 1.165) is 62.0 Å². The Morgan fingerprint density at radius 3 is 2.15 bits per heavy atom. The van der Waals surface area contributed by atoms with E-state index in [0.29, 0.717) is 81.7 Å². The van der Waals surface area contributed by atoms with Crippen LogP contribution in [0.25, 0.3) is 0 Å². The zero-order valence-electron chi connectivity index (χ0n) is 32.1. The Kier molecular flexibility index (Phi) is 13.3. The number of phenolic OH excluding ortho intramolecular Hbond substituents is 1. The number of aryl methyl sites for hydroxylation is 2. The Morgan fingerprint density at radius 2 is 1.48 bits per heavy atom. The van der Waals surface area contributed by atoms with Crippen LogP contribution in [0.15, 0.2) is 36.4 Å². The van der Waals surface area contributed by atoms with E-state index in [2.05, 4.69) is 10.2 Å². The third-order valence-electron chi connectivity index (χ3n) is 11.8. The maximum atomic E-state index is 14.2. The van der Waals surface area contributed by atoms with E-state index < -0.39 is 12.2 Å². The number of urea groups is 1. The summed E-state index contributed by atoms with van der Waals surface area (Å²) in [5.74, 6) is 0.845. The molecule has 1 atom stereocenters. The molecule has 13 heteroatoms. The highest BCUT2D eigenvalue weighted by molar-refractivity contribution is 5.91. The van der Waals surface area contributed by atoms with Crippen molar-refractivity contribution in [2.75, 3.05) is 78.0 Å². The van der Waals surface area contributed by atoms with Gasteiger partial charge in [-0.2, -0.15) is 0 Å². The van der Waals surface area contributed by atoms with Gasteiger partial charge in [0.2, 0.25) is 0 Å². The number of anilines is 1. The monoisotopic (exact) mass is 747 g/mol. The number of esters is 1. The standard InChI is InChI=1S/C41H57N5O8/c1-28-24-30(25-29(2)38(28)48)26-36(39(49)44-17-10-32(11-18-44)31-8-15-43(16-9-31)27-37(47)53-23-22-52-3)54-41(51)45-19-13-34(14-20-45)46-21-12-33-6-4-5-7-35(33)42-40(46)50/h4-7,24-25,31-32,34,36,48H,8-23,26-27H2,1-3H3,(H,42,50)/t36-/m1/s1. The van der Waals surface area contributed by atoms with Crippen LogP contribution in [0.5, 0.6) is 5.75 Å². The van der Waals surface area contributed by atoms with Crippen molar-refractivity contribution >= 4 is 29.7 Å². The first kappa shape index (κ1) is 39.3. The molecule has 2 N–H and O–H groups in total. The average molecular weight is 748 g/mol. The first-order valence-electron chi connectivity index (χ1n) is 19.7. The largest absolute Gasteiger partial charge is 0.507 e. The molecule has 2 aromatic rings. The van der Waals surface area contributed by atoms with Crippen LogP contribution in [-0.4, -0.2) is 134 Å². The Labute approximate surface area is 318 Å². The molecule has 13 nitrogen and oxygen atoms in total. The van der Waals surface area contributed by atoms with Crippen molar-refractivity contribution in [3.63, 3.8) is 0 Å². The van der Waals surface area contributed by atoms with E-state index in [4.69, 9.17) is 14.2 Å². The fourth-order valence-electron chi connectivity index (χ4n) is 8.70. The molecule has 0 saturated carbocycles. The second-order valence-electron chi connectivity index (χ2n) is 15.4. The number of nitrogens with one attached hydrogen (secondary N) is 1. The molecule has 4 heterocycles. The van der Waals surface area contributed by atoms with E-state index in [1.54, 1.807) is 12.0 Å². The number of likely N-dealkylation sites (tertiary alicyclic amines) is 3. The Hall–Kier alpha value is -4.36. The molecule has 6 rings (SSSR count). The maximum absolute atomic E-state index is 14.2. The quantitative estimate of drug-likeness (QED) is 0.246. The first-order chi connectivity index (χ1) is 26.1. The van der Waals surface area contributed by atoms with E-state index in [-0.39, 0.29) is 42.7 Å². The molecular formula is C41H57N5O8. The number of phenols is 1. The minimum absolute atomic E-state index is 0.000124. The zero-order valence-corrected chi connectivity index (χ0v) is 32.1. The predicted molar refractivity (Wildman–Crippen MR) is 203 cm³/mol. The summed E-state index contributed by atoms with van der Waals surface area (Å²) in [6, 6.07) is 11.5. The summed E-state index contributed by atoms with van der Waals surface area (Å²) >= 11 is 0. The predicted octanol–water partition coefficient (Wildman–Crippen LogP) is 4.75. The van der Waals surface area contributed by atoms with Crippen LogP contribution in [0.3, 0.4) is 0 Å². The number of ether oxygens (including phenoxy) is 3. The number of nitrogens with zero attached hydrogens (tertiary/aromatic N) is 4. The van der Waals surface area contributed by atoms with Gasteiger partial charge in [-0.15, -0.1) is 0 Å². The Bertz CT molecular complexity index is 1610. The van der Waals surface area contributed by atoms with Crippen LogP contribution in [0, 0.1) is 25.7 Å². The summed E-state index contributed by atoms with van der Waals surface area (Å²) in [5, 5.41) is 13.4. The number of carbonyl (C=O) groups excluding carboxylic acids is 4. The van der Waals surface area contributed by atoms with E-state index in [1.165, 1.54) is 0 Å². The summed E-state index contributed by atoms with van der Waals surface area (Å²) in [7, 11) is 1.58. The van der Waals surface area contributed by atoms with Crippen molar-refractivity contribution in [3.05, 3.63) is 58.7 Å². The molecule has 0 aliphatic carbocycles. The summed E-state index contributed by atoms with van der Waals surface area (Å²) in [6.45, 7) is 8.99. The SMILES string of the molecule is COCCOC(=O)CN1CCC(C2CCN(C(=O)[C@@H](Cc3cc(C)c(O)c(C)c3)OC(=O)N3CCC(N4CCc5ccccc5NC4=O)CC3)CC2)CC1. The molecule has 0 unspecified atom stereocenters. The number of amides is 4. The molecule has 2 aromatic carbocycles. The molecule has 0 bridgehead atoms. The lowest BCUT2D eigenvalue weighted by atomic mass is 9.78. The fraction of sp³-hybridized carbons (Fsp3) is 0.610. The molecule has 0 spiro atoms. The van der Waals surface area contributed by atoms with Crippen molar-refractivity contribution in [2.24, 2.45) is 11.8 Å². The van der Waals surface area contributed by atoms with E-state index >= 15 is 0 Å². The molecule has 294 valence electrons. The fourth-order valence-corrected chi connectivity index (χ4v) is 8.70. The van der Waals surface area contributed by atoms with Crippen molar-refractivity contribution in [3.8, 4) is 5.75 Å². The van der Waals surface area contributed by atoms with Crippen LogP contribution in [0.4, 0.5) is 15.3 Å². The molecule has 54 heavy (non-hydrogen) atoms. The summed E-state index contributed by atoms with van der Waals surface area (Å²) < 4.78 is 16.3. The molecule has 3 fully saturated rings. The molecule has 4 aliphatic rings. The normalized spacial score (nSPS) is 19.8. The summed E-state index contributed by atoms with van der Waals surface area (Å²) in [6.07, 6.45) is 4.50. The second kappa shape index (κ2) is 18.3. The maximum Gasteiger partial charge on any atom is 0.410 e. The van der Waals surface area contributed by atoms with Crippen LogP contribution in [-0.2, 0) is 36.6 Å². The number of rotatable bonds is 11. The number of aromatic hydroxyl groups is 1. The minimum Gasteiger partial charge on any atom is -0.507 e. The number of fused-ring (bicyclic) bond motifs is 1. The van der Waals surface area contributed by atoms with Gasteiger partial charge in [0.25, 0.3) is 5.91 Å². The smallest absolute Gasteiger partial charge is 0.410 e. The number of hydrogen-bond donors (Lipinski definition) is 2. The van der Waals surface area contributed by atoms with Gasteiger partial charge in [-0.1, -0.05) is 30.3 Å². The number of carbonyl (C=O) groups is 4. The summed E-state index contributed by atoms with van der Waals surface area (Å²) in [4.78, 5) is 60.7. The minimum atomic E-state index is -1.00. The van der Waals surface area contributed by atoms with Gasteiger partial charge in [0.15, 0.2) is 6.10 Å². The average Bonchev–Trinajstić information content (AvgIpc) is 3.35. The molecule has 4 aliphatic heterocycles. The molecule has 4 amide bonds. The highest BCUT2D eigenvalue weighted by Crippen LogP contribution is 2.33. The van der Waals surface area contributed by atoms with Gasteiger partial charge in [0.05, 0.1) is 13.2 Å². The molecule has 0 aromatic heterocycles. The topological polar surface area (TPSA) is 141 Å². The lowest BCUT2D eigenvalue weighted by Gasteiger charge is -2.41. The third-order valence-corrected chi connectivity index (χ3v) is 11.8. The highest BCUT2D eigenvalue weighted by atomic mass is 16.6. The number of piperidine rings is 3. The van der Waals surface area contributed by atoms with E-state index in [1.807, 2.05) is 60.0 Å². The van der Waals surface area contributed by atoms with Crippen molar-refractivity contribution in [1.29, 1.82) is 0 Å². The molecule has 0 radical (unpaired) electrons. The van der Waals surface area contributed by atoms with Crippen LogP contribution in [0.2, 0.25) is 0 Å². The van der Waals surface area contributed by atoms with Crippen LogP contribution in [0.1, 0.15) is 60.8 Å². The van der Waals surface area contributed by atoms with Gasteiger partial charge < -0.3 is 39.3 Å². The van der Waals surface area contributed by atoms with Gasteiger partial charge in [-0.05, 0) is 112 Å². The molecular weight excluding hydrogens is 690 g/mol. The van der Waals surface area contributed by atoms with Gasteiger partial charge in [-0.3, -0.25) is 14.5 Å². The van der Waals surface area contributed by atoms with Crippen LogP contribution < -0.4 is 5.32 Å². The van der Waals surface area contributed by atoms with Crippen LogP contribution >= 0.6 is 0 Å². The number of hydrogen-bond acceptors (Lipinski definition) is 9. The Balaban J connectivity index is 1.03. The molecule has 3 saturated heterocycles. The highest BCUT2D eigenvalue weighted by Gasteiger charge is 2.37. The number of benzene rings is 2. The lowest BCUT2D eigenvalue weighted by molar-refractivity contribution is -0.146. The number of para-hydroxylation sites is 1. The Morgan fingerprint density at radius 1 is 0.852 bits per heavy atom. The third kappa shape index (κ3) is 9.84. The van der Waals surface area contributed by atoms with Crippen molar-refractivity contribution in [2.45, 2.75) is 77.4 Å². The second-order valence-corrected chi connectivity index (χ2v) is 15.4.